The van der Waals surface area contributed by atoms with Gasteiger partial charge in [0.25, 0.3) is 0 Å². The molecule has 0 bridgehead atoms. The Bertz CT molecular complexity index is 884. The molecule has 0 aromatic heterocycles. The van der Waals surface area contributed by atoms with Gasteiger partial charge in [-0.25, -0.2) is 0 Å². The Labute approximate surface area is 152 Å². The van der Waals surface area contributed by atoms with Gasteiger partial charge in [0.15, 0.2) is 0 Å². The van der Waals surface area contributed by atoms with E-state index in [-0.39, 0.29) is 7.05 Å². The summed E-state index contributed by atoms with van der Waals surface area (Å²) in [7, 11) is -0.192. The first-order valence-electron chi connectivity index (χ1n) is 7.29. The van der Waals surface area contributed by atoms with Crippen LogP contribution in [-0.4, -0.2) is 7.05 Å². The SMILES string of the molecule is Brc1ccc2c(c1)OB(c1ccccc1-c1ccccc1Br)N2. The third kappa shape index (κ3) is 2.79. The third-order valence-corrected chi connectivity index (χ3v) is 5.07. The predicted molar refractivity (Wildman–Crippen MR) is 103 cm³/mol. The number of rotatable bonds is 2. The van der Waals surface area contributed by atoms with Gasteiger partial charge < -0.3 is 9.88 Å². The minimum Gasteiger partial charge on any atom is -0.536 e. The van der Waals surface area contributed by atoms with Crippen molar-refractivity contribution < 1.29 is 4.65 Å². The Morgan fingerprint density at radius 3 is 2.39 bits per heavy atom. The zero-order chi connectivity index (χ0) is 15.8. The van der Waals surface area contributed by atoms with Crippen molar-refractivity contribution >= 4 is 50.1 Å². The molecule has 0 saturated carbocycles. The highest BCUT2D eigenvalue weighted by atomic mass is 79.9. The van der Waals surface area contributed by atoms with Crippen LogP contribution >= 0.6 is 31.9 Å². The van der Waals surface area contributed by atoms with Crippen LogP contribution in [0.4, 0.5) is 5.69 Å². The monoisotopic (exact) mass is 427 g/mol. The Morgan fingerprint density at radius 1 is 0.826 bits per heavy atom. The van der Waals surface area contributed by atoms with E-state index in [0.29, 0.717) is 0 Å². The molecule has 1 aliphatic heterocycles. The van der Waals surface area contributed by atoms with Crippen LogP contribution in [0.25, 0.3) is 11.1 Å². The van der Waals surface area contributed by atoms with E-state index in [9.17, 15) is 0 Å². The van der Waals surface area contributed by atoms with Crippen LogP contribution < -0.4 is 15.3 Å². The van der Waals surface area contributed by atoms with E-state index in [0.717, 1.165) is 37.0 Å². The van der Waals surface area contributed by atoms with Crippen LogP contribution in [0, 0.1) is 0 Å². The molecule has 0 radical (unpaired) electrons. The molecular formula is C18H12BBr2NO. The van der Waals surface area contributed by atoms with Crippen LogP contribution in [-0.2, 0) is 0 Å². The first kappa shape index (κ1) is 14.9. The molecule has 3 aromatic rings. The fraction of sp³-hybridized carbons (Fsp3) is 0. The highest BCUT2D eigenvalue weighted by Crippen LogP contribution is 2.34. The quantitative estimate of drug-likeness (QED) is 0.575. The molecule has 0 spiro atoms. The average molecular weight is 429 g/mol. The molecular weight excluding hydrogens is 417 g/mol. The largest absolute Gasteiger partial charge is 0.536 e. The summed E-state index contributed by atoms with van der Waals surface area (Å²) in [4.78, 5) is 0. The summed E-state index contributed by atoms with van der Waals surface area (Å²) in [6.45, 7) is 0. The van der Waals surface area contributed by atoms with E-state index < -0.39 is 0 Å². The number of hydrogen-bond donors (Lipinski definition) is 1. The molecule has 1 N–H and O–H groups in total. The standard InChI is InChI=1S/C18H12BBr2NO/c20-12-9-10-17-18(11-12)23-19(22-17)15-7-3-1-5-13(15)14-6-2-4-8-16(14)21/h1-11,22H. The highest BCUT2D eigenvalue weighted by molar-refractivity contribution is 9.10. The number of nitrogens with one attached hydrogen (secondary N) is 1. The van der Waals surface area contributed by atoms with E-state index in [1.807, 2.05) is 36.4 Å². The highest BCUT2D eigenvalue weighted by Gasteiger charge is 2.32. The number of hydrogen-bond acceptors (Lipinski definition) is 2. The zero-order valence-corrected chi connectivity index (χ0v) is 15.3. The normalized spacial score (nSPS) is 12.5. The second kappa shape index (κ2) is 6.06. The van der Waals surface area contributed by atoms with Crippen molar-refractivity contribution in [1.82, 2.24) is 0 Å². The summed E-state index contributed by atoms with van der Waals surface area (Å²) in [5.74, 6) is 0.867. The first-order valence-corrected chi connectivity index (χ1v) is 8.87. The van der Waals surface area contributed by atoms with Crippen LogP contribution in [0.3, 0.4) is 0 Å². The summed E-state index contributed by atoms with van der Waals surface area (Å²) < 4.78 is 8.21. The topological polar surface area (TPSA) is 21.3 Å². The number of fused-ring (bicyclic) bond motifs is 1. The maximum absolute atomic E-state index is 6.12. The van der Waals surface area contributed by atoms with Gasteiger partial charge in [-0.2, -0.15) is 0 Å². The molecule has 0 amide bonds. The van der Waals surface area contributed by atoms with Gasteiger partial charge >= 0.3 is 7.05 Å². The number of halogens is 2. The van der Waals surface area contributed by atoms with Gasteiger partial charge in [-0.1, -0.05) is 74.3 Å². The van der Waals surface area contributed by atoms with E-state index in [1.165, 1.54) is 0 Å². The molecule has 0 atom stereocenters. The van der Waals surface area contributed by atoms with Crippen LogP contribution in [0.1, 0.15) is 0 Å². The average Bonchev–Trinajstić information content (AvgIpc) is 2.98. The lowest BCUT2D eigenvalue weighted by Crippen LogP contribution is -2.41. The molecule has 112 valence electrons. The Morgan fingerprint density at radius 2 is 1.57 bits per heavy atom. The van der Waals surface area contributed by atoms with Gasteiger partial charge in [-0.3, -0.25) is 0 Å². The minimum atomic E-state index is -0.192. The predicted octanol–water partition coefficient (Wildman–Crippen LogP) is 5.08. The third-order valence-electron chi connectivity index (χ3n) is 3.88. The second-order valence-electron chi connectivity index (χ2n) is 5.35. The molecule has 2 nitrogen and oxygen atoms in total. The minimum absolute atomic E-state index is 0.192. The van der Waals surface area contributed by atoms with Crippen molar-refractivity contribution in [3.8, 4) is 16.9 Å². The summed E-state index contributed by atoms with van der Waals surface area (Å²) >= 11 is 7.13. The van der Waals surface area contributed by atoms with E-state index in [1.54, 1.807) is 0 Å². The van der Waals surface area contributed by atoms with E-state index in [2.05, 4.69) is 67.4 Å². The van der Waals surface area contributed by atoms with Gasteiger partial charge in [-0.05, 0) is 40.9 Å². The maximum atomic E-state index is 6.12. The van der Waals surface area contributed by atoms with Gasteiger partial charge in [0.2, 0.25) is 0 Å². The molecule has 1 heterocycles. The summed E-state index contributed by atoms with van der Waals surface area (Å²) in [6.07, 6.45) is 0. The second-order valence-corrected chi connectivity index (χ2v) is 7.12. The van der Waals surface area contributed by atoms with Crippen molar-refractivity contribution in [3.63, 3.8) is 0 Å². The zero-order valence-electron chi connectivity index (χ0n) is 12.1. The van der Waals surface area contributed by atoms with Gasteiger partial charge in [0.05, 0.1) is 5.69 Å². The van der Waals surface area contributed by atoms with Crippen molar-refractivity contribution in [2.24, 2.45) is 0 Å². The Kier molecular flexibility index (Phi) is 3.91. The molecule has 0 aliphatic carbocycles. The molecule has 0 unspecified atom stereocenters. The van der Waals surface area contributed by atoms with Crippen molar-refractivity contribution in [2.45, 2.75) is 0 Å². The lowest BCUT2D eigenvalue weighted by atomic mass is 9.70. The summed E-state index contributed by atoms with van der Waals surface area (Å²) in [5.41, 5.74) is 4.45. The smallest absolute Gasteiger partial charge is 0.517 e. The fourth-order valence-electron chi connectivity index (χ4n) is 2.80. The molecule has 5 heteroatoms. The lowest BCUT2D eigenvalue weighted by molar-refractivity contribution is 0.605. The van der Waals surface area contributed by atoms with Gasteiger partial charge in [0.1, 0.15) is 5.75 Å². The van der Waals surface area contributed by atoms with Crippen molar-refractivity contribution in [2.75, 3.05) is 5.23 Å². The van der Waals surface area contributed by atoms with Crippen LogP contribution in [0.15, 0.2) is 75.7 Å². The molecule has 4 rings (SSSR count). The van der Waals surface area contributed by atoms with Crippen molar-refractivity contribution in [3.05, 3.63) is 75.7 Å². The van der Waals surface area contributed by atoms with Gasteiger partial charge in [-0.15, -0.1) is 0 Å². The molecule has 0 saturated heterocycles. The summed E-state index contributed by atoms with van der Waals surface area (Å²) in [5, 5.41) is 3.45. The van der Waals surface area contributed by atoms with Crippen LogP contribution in [0.2, 0.25) is 0 Å². The summed E-state index contributed by atoms with van der Waals surface area (Å²) in [6, 6.07) is 22.6. The van der Waals surface area contributed by atoms with E-state index >= 15 is 0 Å². The molecule has 23 heavy (non-hydrogen) atoms. The fourth-order valence-corrected chi connectivity index (χ4v) is 3.64. The van der Waals surface area contributed by atoms with E-state index in [4.69, 9.17) is 4.65 Å². The Hall–Kier alpha value is -1.72. The Balaban J connectivity index is 1.76. The molecule has 0 fully saturated rings. The molecule has 3 aromatic carbocycles. The first-order chi connectivity index (χ1) is 11.2. The lowest BCUT2D eigenvalue weighted by Gasteiger charge is -2.13. The maximum Gasteiger partial charge on any atom is 0.517 e. The molecule has 1 aliphatic rings. The number of anilines is 1. The van der Waals surface area contributed by atoms with Crippen molar-refractivity contribution in [1.29, 1.82) is 0 Å². The van der Waals surface area contributed by atoms with Crippen LogP contribution in [0.5, 0.6) is 5.75 Å². The number of benzene rings is 3. The van der Waals surface area contributed by atoms with Gasteiger partial charge in [0, 0.05) is 8.95 Å².